The fourth-order valence-electron chi connectivity index (χ4n) is 2.31. The van der Waals surface area contributed by atoms with E-state index in [0.717, 1.165) is 22.5 Å². The molecule has 0 saturated heterocycles. The molecule has 3 heteroatoms. The molecule has 0 spiro atoms. The molecule has 0 aliphatic carbocycles. The number of hydrogen-bond acceptors (Lipinski definition) is 1. The molecule has 0 aliphatic heterocycles. The van der Waals surface area contributed by atoms with Crippen LogP contribution in [-0.4, -0.2) is 12.6 Å². The summed E-state index contributed by atoms with van der Waals surface area (Å²) in [6.07, 6.45) is 2.27. The summed E-state index contributed by atoms with van der Waals surface area (Å²) >= 11 is 9.78. The Morgan fingerprint density at radius 2 is 1.89 bits per heavy atom. The minimum absolute atomic E-state index is 0.537. The highest BCUT2D eigenvalue weighted by molar-refractivity contribution is 9.10. The number of benzene rings is 1. The van der Waals surface area contributed by atoms with E-state index in [0.29, 0.717) is 17.9 Å². The van der Waals surface area contributed by atoms with E-state index >= 15 is 0 Å². The van der Waals surface area contributed by atoms with Gasteiger partial charge in [-0.15, -0.1) is 0 Å². The molecular weight excluding hydrogens is 322 g/mol. The van der Waals surface area contributed by atoms with Crippen molar-refractivity contribution < 1.29 is 0 Å². The van der Waals surface area contributed by atoms with Crippen molar-refractivity contribution in [2.75, 3.05) is 6.54 Å². The molecule has 1 aromatic carbocycles. The van der Waals surface area contributed by atoms with Crippen LogP contribution in [0.1, 0.15) is 39.7 Å². The minimum Gasteiger partial charge on any atom is -0.314 e. The number of halogens is 2. The highest BCUT2D eigenvalue weighted by atomic mass is 79.9. The second kappa shape index (κ2) is 8.28. The van der Waals surface area contributed by atoms with Crippen LogP contribution in [0.4, 0.5) is 0 Å². The largest absolute Gasteiger partial charge is 0.314 e. The third kappa shape index (κ3) is 6.78. The van der Waals surface area contributed by atoms with Gasteiger partial charge >= 0.3 is 0 Å². The minimum atomic E-state index is 0.537. The summed E-state index contributed by atoms with van der Waals surface area (Å²) in [5.41, 5.74) is 1.25. The molecule has 1 atom stereocenters. The quantitative estimate of drug-likeness (QED) is 0.706. The van der Waals surface area contributed by atoms with Crippen LogP contribution < -0.4 is 5.32 Å². The molecule has 1 aromatic rings. The normalized spacial score (nSPS) is 13.3. The molecule has 0 aliphatic rings. The van der Waals surface area contributed by atoms with Crippen LogP contribution in [0.25, 0.3) is 0 Å². The topological polar surface area (TPSA) is 12.0 Å². The molecule has 0 heterocycles. The van der Waals surface area contributed by atoms with Crippen LogP contribution in [0.5, 0.6) is 0 Å². The fourth-order valence-corrected chi connectivity index (χ4v) is 3.06. The van der Waals surface area contributed by atoms with Crippen molar-refractivity contribution in [3.05, 3.63) is 33.3 Å². The zero-order valence-electron chi connectivity index (χ0n) is 12.3. The summed E-state index contributed by atoms with van der Waals surface area (Å²) in [4.78, 5) is 0. The molecule has 0 saturated carbocycles. The first-order valence-electron chi connectivity index (χ1n) is 7.05. The van der Waals surface area contributed by atoms with Crippen molar-refractivity contribution in [1.29, 1.82) is 0 Å². The van der Waals surface area contributed by atoms with Gasteiger partial charge in [-0.3, -0.25) is 0 Å². The zero-order valence-corrected chi connectivity index (χ0v) is 14.7. The van der Waals surface area contributed by atoms with E-state index in [4.69, 9.17) is 11.6 Å². The van der Waals surface area contributed by atoms with E-state index in [1.807, 2.05) is 6.07 Å². The maximum atomic E-state index is 6.32. The van der Waals surface area contributed by atoms with Gasteiger partial charge in [-0.25, -0.2) is 0 Å². The van der Waals surface area contributed by atoms with Crippen molar-refractivity contribution >= 4 is 27.5 Å². The molecule has 0 amide bonds. The summed E-state index contributed by atoms with van der Waals surface area (Å²) < 4.78 is 1.04. The summed E-state index contributed by atoms with van der Waals surface area (Å²) in [6.45, 7) is 10.0. The van der Waals surface area contributed by atoms with Crippen LogP contribution in [-0.2, 0) is 6.42 Å². The summed E-state index contributed by atoms with van der Waals surface area (Å²) in [6, 6.07) is 6.73. The van der Waals surface area contributed by atoms with E-state index in [9.17, 15) is 0 Å². The second-order valence-corrected chi connectivity index (χ2v) is 7.32. The van der Waals surface area contributed by atoms with Crippen molar-refractivity contribution in [3.63, 3.8) is 0 Å². The Bertz CT molecular complexity index is 390. The maximum Gasteiger partial charge on any atom is 0.0449 e. The van der Waals surface area contributed by atoms with Gasteiger partial charge in [0.2, 0.25) is 0 Å². The lowest BCUT2D eigenvalue weighted by Crippen LogP contribution is -2.30. The number of rotatable bonds is 7. The van der Waals surface area contributed by atoms with Crippen LogP contribution in [0.15, 0.2) is 22.7 Å². The van der Waals surface area contributed by atoms with Gasteiger partial charge in [0, 0.05) is 15.5 Å². The van der Waals surface area contributed by atoms with Gasteiger partial charge in [0.1, 0.15) is 0 Å². The van der Waals surface area contributed by atoms with Crippen molar-refractivity contribution in [1.82, 2.24) is 5.32 Å². The maximum absolute atomic E-state index is 6.32. The Kier molecular flexibility index (Phi) is 7.41. The standard InChI is InChI=1S/C16H25BrClN/c1-11(2)7-13(10-19-12(3)4)8-14-5-6-15(17)9-16(14)18/h5-6,9,11-13,19H,7-8,10H2,1-4H3. The molecule has 0 bridgehead atoms. The predicted molar refractivity (Wildman–Crippen MR) is 88.9 cm³/mol. The number of nitrogens with one attached hydrogen (secondary N) is 1. The molecule has 1 unspecified atom stereocenters. The first-order valence-corrected chi connectivity index (χ1v) is 8.23. The Hall–Kier alpha value is -0.0500. The highest BCUT2D eigenvalue weighted by Gasteiger charge is 2.14. The van der Waals surface area contributed by atoms with E-state index in [1.54, 1.807) is 0 Å². The first-order chi connectivity index (χ1) is 8.88. The van der Waals surface area contributed by atoms with Crippen LogP contribution >= 0.6 is 27.5 Å². The molecule has 0 radical (unpaired) electrons. The first kappa shape index (κ1) is 17.0. The molecule has 0 fully saturated rings. The molecule has 0 aromatic heterocycles. The van der Waals surface area contributed by atoms with E-state index in [2.05, 4.69) is 61.1 Å². The summed E-state index contributed by atoms with van der Waals surface area (Å²) in [7, 11) is 0. The SMILES string of the molecule is CC(C)CC(CNC(C)C)Cc1ccc(Br)cc1Cl. The van der Waals surface area contributed by atoms with Gasteiger partial charge < -0.3 is 5.32 Å². The molecule has 1 rings (SSSR count). The van der Waals surface area contributed by atoms with Gasteiger partial charge in [-0.05, 0) is 48.9 Å². The average molecular weight is 347 g/mol. The Balaban J connectivity index is 2.69. The predicted octanol–water partition coefficient (Wildman–Crippen LogP) is 5.31. The van der Waals surface area contributed by atoms with Gasteiger partial charge in [0.15, 0.2) is 0 Å². The highest BCUT2D eigenvalue weighted by Crippen LogP contribution is 2.25. The lowest BCUT2D eigenvalue weighted by Gasteiger charge is -2.21. The van der Waals surface area contributed by atoms with E-state index < -0.39 is 0 Å². The Morgan fingerprint density at radius 1 is 1.21 bits per heavy atom. The Labute approximate surface area is 131 Å². The lowest BCUT2D eigenvalue weighted by molar-refractivity contribution is 0.373. The average Bonchev–Trinajstić information content (AvgIpc) is 2.28. The van der Waals surface area contributed by atoms with Gasteiger partial charge in [0.25, 0.3) is 0 Å². The molecular formula is C16H25BrClN. The molecule has 108 valence electrons. The lowest BCUT2D eigenvalue weighted by atomic mass is 9.90. The van der Waals surface area contributed by atoms with Gasteiger partial charge in [0.05, 0.1) is 0 Å². The van der Waals surface area contributed by atoms with Crippen LogP contribution in [0, 0.1) is 11.8 Å². The number of hydrogen-bond donors (Lipinski definition) is 1. The summed E-state index contributed by atoms with van der Waals surface area (Å²) in [5, 5.41) is 4.42. The molecule has 1 nitrogen and oxygen atoms in total. The van der Waals surface area contributed by atoms with Crippen LogP contribution in [0.3, 0.4) is 0 Å². The third-order valence-corrected chi connectivity index (χ3v) is 3.99. The van der Waals surface area contributed by atoms with E-state index in [1.165, 1.54) is 12.0 Å². The monoisotopic (exact) mass is 345 g/mol. The van der Waals surface area contributed by atoms with Crippen molar-refractivity contribution in [2.24, 2.45) is 11.8 Å². The van der Waals surface area contributed by atoms with Gasteiger partial charge in [-0.2, -0.15) is 0 Å². The fraction of sp³-hybridized carbons (Fsp3) is 0.625. The third-order valence-electron chi connectivity index (χ3n) is 3.14. The second-order valence-electron chi connectivity index (χ2n) is 6.00. The summed E-state index contributed by atoms with van der Waals surface area (Å²) in [5.74, 6) is 1.36. The van der Waals surface area contributed by atoms with Gasteiger partial charge in [-0.1, -0.05) is 61.3 Å². The van der Waals surface area contributed by atoms with Crippen molar-refractivity contribution in [3.8, 4) is 0 Å². The van der Waals surface area contributed by atoms with Crippen LogP contribution in [0.2, 0.25) is 5.02 Å². The van der Waals surface area contributed by atoms with E-state index in [-0.39, 0.29) is 0 Å². The molecule has 1 N–H and O–H groups in total. The zero-order chi connectivity index (χ0) is 14.4. The molecule has 19 heavy (non-hydrogen) atoms. The smallest absolute Gasteiger partial charge is 0.0449 e. The Morgan fingerprint density at radius 3 is 2.42 bits per heavy atom. The van der Waals surface area contributed by atoms with Crippen molar-refractivity contribution in [2.45, 2.75) is 46.6 Å².